The summed E-state index contributed by atoms with van der Waals surface area (Å²) >= 11 is 0. The van der Waals surface area contributed by atoms with Gasteiger partial charge in [0, 0.05) is 13.1 Å². The number of nitrogens with zero attached hydrogens (tertiary/aromatic N) is 2. The number of anilines is 1. The average molecular weight is 580 g/mol. The molecule has 0 bridgehead atoms. The van der Waals surface area contributed by atoms with E-state index >= 15 is 0 Å². The first-order chi connectivity index (χ1) is 19.3. The molecule has 41 heavy (non-hydrogen) atoms. The quantitative estimate of drug-likeness (QED) is 0.326. The Morgan fingerprint density at radius 2 is 1.59 bits per heavy atom. The minimum absolute atomic E-state index is 0.0798. The molecular weight excluding hydrogens is 538 g/mol. The van der Waals surface area contributed by atoms with E-state index in [0.29, 0.717) is 18.0 Å². The van der Waals surface area contributed by atoms with Crippen LogP contribution < -0.4 is 14.4 Å². The van der Waals surface area contributed by atoms with Crippen molar-refractivity contribution in [3.63, 3.8) is 0 Å². The summed E-state index contributed by atoms with van der Waals surface area (Å²) in [7, 11) is -2.56. The molecule has 0 heterocycles. The summed E-state index contributed by atoms with van der Waals surface area (Å²) in [5.74, 6) is 0.0297. The molecule has 1 atom stereocenters. The van der Waals surface area contributed by atoms with E-state index in [1.807, 2.05) is 52.8 Å². The Bertz CT molecular complexity index is 1470. The van der Waals surface area contributed by atoms with Gasteiger partial charge in [0.1, 0.15) is 18.3 Å². The van der Waals surface area contributed by atoms with Crippen LogP contribution >= 0.6 is 0 Å². The number of nitrogens with one attached hydrogen (secondary N) is 1. The second-order valence-electron chi connectivity index (χ2n) is 10.8. The fourth-order valence-corrected chi connectivity index (χ4v) is 5.66. The zero-order chi connectivity index (χ0) is 30.3. The maximum atomic E-state index is 14.1. The number of sulfonamides is 1. The fourth-order valence-electron chi connectivity index (χ4n) is 4.25. The SMILES string of the molecule is COc1cccc(CN(C(=O)CN(c2ccc(C)c(C)c2)S(=O)(=O)c2ccc(C)cc2)C(C)C(=O)NCC(C)C)c1. The summed E-state index contributed by atoms with van der Waals surface area (Å²) in [6.07, 6.45) is 0. The van der Waals surface area contributed by atoms with Crippen LogP contribution in [-0.2, 0) is 26.2 Å². The summed E-state index contributed by atoms with van der Waals surface area (Å²) in [6.45, 7) is 11.4. The van der Waals surface area contributed by atoms with E-state index < -0.39 is 28.5 Å². The number of carbonyl (C=O) groups is 2. The Morgan fingerprint density at radius 1 is 0.902 bits per heavy atom. The van der Waals surface area contributed by atoms with Crippen molar-refractivity contribution in [1.82, 2.24) is 10.2 Å². The van der Waals surface area contributed by atoms with E-state index in [-0.39, 0.29) is 23.3 Å². The van der Waals surface area contributed by atoms with E-state index in [0.717, 1.165) is 26.6 Å². The summed E-state index contributed by atoms with van der Waals surface area (Å²) in [4.78, 5) is 28.7. The molecule has 9 heteroatoms. The van der Waals surface area contributed by atoms with Gasteiger partial charge < -0.3 is 15.0 Å². The summed E-state index contributed by atoms with van der Waals surface area (Å²) < 4.78 is 34.4. The highest BCUT2D eigenvalue weighted by Crippen LogP contribution is 2.27. The Morgan fingerprint density at radius 3 is 2.20 bits per heavy atom. The first kappa shape index (κ1) is 31.7. The van der Waals surface area contributed by atoms with Crippen molar-refractivity contribution >= 4 is 27.5 Å². The van der Waals surface area contributed by atoms with Crippen LogP contribution in [-0.4, -0.2) is 51.4 Å². The van der Waals surface area contributed by atoms with Gasteiger partial charge in [0.2, 0.25) is 11.8 Å². The van der Waals surface area contributed by atoms with Gasteiger partial charge in [-0.2, -0.15) is 0 Å². The van der Waals surface area contributed by atoms with Crippen LogP contribution in [0.2, 0.25) is 0 Å². The highest BCUT2D eigenvalue weighted by Gasteiger charge is 2.32. The van der Waals surface area contributed by atoms with Crippen LogP contribution in [0.4, 0.5) is 5.69 Å². The number of hydrogen-bond donors (Lipinski definition) is 1. The third-order valence-electron chi connectivity index (χ3n) is 7.01. The number of ether oxygens (including phenoxy) is 1. The van der Waals surface area contributed by atoms with Gasteiger partial charge in [-0.25, -0.2) is 8.42 Å². The van der Waals surface area contributed by atoms with E-state index in [9.17, 15) is 18.0 Å². The molecule has 3 aromatic rings. The van der Waals surface area contributed by atoms with Crippen molar-refractivity contribution in [3.05, 3.63) is 89.0 Å². The Labute approximate surface area is 244 Å². The van der Waals surface area contributed by atoms with Gasteiger partial charge in [-0.15, -0.1) is 0 Å². The molecule has 0 saturated carbocycles. The lowest BCUT2D eigenvalue weighted by Crippen LogP contribution is -2.51. The molecule has 0 aliphatic rings. The first-order valence-electron chi connectivity index (χ1n) is 13.7. The number of carbonyl (C=O) groups excluding carboxylic acids is 2. The predicted molar refractivity (Wildman–Crippen MR) is 162 cm³/mol. The van der Waals surface area contributed by atoms with Gasteiger partial charge >= 0.3 is 0 Å². The molecule has 0 fully saturated rings. The van der Waals surface area contributed by atoms with Crippen molar-refractivity contribution in [2.45, 2.75) is 59.0 Å². The van der Waals surface area contributed by atoms with Crippen LogP contribution in [0.1, 0.15) is 43.0 Å². The maximum absolute atomic E-state index is 14.1. The molecule has 3 rings (SSSR count). The normalized spacial score (nSPS) is 12.1. The molecule has 0 aromatic heterocycles. The molecule has 220 valence electrons. The minimum atomic E-state index is -4.11. The molecule has 1 N–H and O–H groups in total. The molecule has 8 nitrogen and oxygen atoms in total. The molecule has 1 unspecified atom stereocenters. The second kappa shape index (κ2) is 13.7. The van der Waals surface area contributed by atoms with E-state index in [1.165, 1.54) is 4.90 Å². The zero-order valence-electron chi connectivity index (χ0n) is 25.0. The van der Waals surface area contributed by atoms with Crippen molar-refractivity contribution < 1.29 is 22.7 Å². The number of hydrogen-bond acceptors (Lipinski definition) is 5. The third kappa shape index (κ3) is 8.10. The molecule has 2 amide bonds. The highest BCUT2D eigenvalue weighted by molar-refractivity contribution is 7.92. The number of rotatable bonds is 12. The van der Waals surface area contributed by atoms with E-state index in [2.05, 4.69) is 5.32 Å². The Kier molecular flexibility index (Phi) is 10.6. The van der Waals surface area contributed by atoms with Crippen molar-refractivity contribution in [1.29, 1.82) is 0 Å². The van der Waals surface area contributed by atoms with Gasteiger partial charge in [0.05, 0.1) is 17.7 Å². The summed E-state index contributed by atoms with van der Waals surface area (Å²) in [6, 6.07) is 18.2. The summed E-state index contributed by atoms with van der Waals surface area (Å²) in [5, 5.41) is 2.90. The largest absolute Gasteiger partial charge is 0.497 e. The lowest BCUT2D eigenvalue weighted by molar-refractivity contribution is -0.139. The topological polar surface area (TPSA) is 96.0 Å². The molecule has 3 aromatic carbocycles. The number of aryl methyl sites for hydroxylation is 3. The van der Waals surface area contributed by atoms with Crippen LogP contribution in [0.15, 0.2) is 71.6 Å². The van der Waals surface area contributed by atoms with Gasteiger partial charge in [0.25, 0.3) is 10.0 Å². The molecule has 0 aliphatic carbocycles. The highest BCUT2D eigenvalue weighted by atomic mass is 32.2. The van der Waals surface area contributed by atoms with E-state index in [1.54, 1.807) is 62.6 Å². The van der Waals surface area contributed by atoms with Gasteiger partial charge in [0.15, 0.2) is 0 Å². The maximum Gasteiger partial charge on any atom is 0.264 e. The van der Waals surface area contributed by atoms with Crippen molar-refractivity contribution in [2.24, 2.45) is 5.92 Å². The molecule has 0 saturated heterocycles. The standard InChI is InChI=1S/C32H41N3O5S/c1-22(2)19-33-32(37)26(6)34(20-27-9-8-10-29(18-27)40-7)31(36)21-35(28-14-13-24(4)25(5)17-28)41(38,39)30-15-11-23(3)12-16-30/h8-18,22,26H,19-21H2,1-7H3,(H,33,37). The number of benzene rings is 3. The number of methoxy groups -OCH3 is 1. The predicted octanol–water partition coefficient (Wildman–Crippen LogP) is 5.01. The Balaban J connectivity index is 2.05. The second-order valence-corrected chi connectivity index (χ2v) is 12.6. The molecule has 0 spiro atoms. The molecule has 0 radical (unpaired) electrons. The smallest absolute Gasteiger partial charge is 0.264 e. The minimum Gasteiger partial charge on any atom is -0.497 e. The van der Waals surface area contributed by atoms with Gasteiger partial charge in [-0.3, -0.25) is 13.9 Å². The van der Waals surface area contributed by atoms with Gasteiger partial charge in [-0.05, 0) is 86.7 Å². The van der Waals surface area contributed by atoms with Crippen molar-refractivity contribution in [2.75, 3.05) is 24.5 Å². The van der Waals surface area contributed by atoms with E-state index in [4.69, 9.17) is 4.74 Å². The lowest BCUT2D eigenvalue weighted by Gasteiger charge is -2.32. The summed E-state index contributed by atoms with van der Waals surface area (Å²) in [5.41, 5.74) is 3.95. The van der Waals surface area contributed by atoms with Crippen LogP contribution in [0, 0.1) is 26.7 Å². The van der Waals surface area contributed by atoms with Crippen LogP contribution in [0.25, 0.3) is 0 Å². The van der Waals surface area contributed by atoms with Crippen LogP contribution in [0.5, 0.6) is 5.75 Å². The lowest BCUT2D eigenvalue weighted by atomic mass is 10.1. The fraction of sp³-hybridized carbons (Fsp3) is 0.375. The number of amides is 2. The first-order valence-corrected chi connectivity index (χ1v) is 15.1. The zero-order valence-corrected chi connectivity index (χ0v) is 25.8. The molecular formula is C32H41N3O5S. The van der Waals surface area contributed by atoms with Crippen LogP contribution in [0.3, 0.4) is 0 Å². The average Bonchev–Trinajstić information content (AvgIpc) is 2.94. The van der Waals surface area contributed by atoms with Crippen molar-refractivity contribution in [3.8, 4) is 5.75 Å². The molecule has 0 aliphatic heterocycles. The Hall–Kier alpha value is -3.85. The third-order valence-corrected chi connectivity index (χ3v) is 8.79. The van der Waals surface area contributed by atoms with Gasteiger partial charge in [-0.1, -0.05) is 49.7 Å². The monoisotopic (exact) mass is 579 g/mol.